The molecule has 0 aromatic rings. The fourth-order valence-corrected chi connectivity index (χ4v) is 2.44. The van der Waals surface area contributed by atoms with Gasteiger partial charge in [0.25, 0.3) is 0 Å². The van der Waals surface area contributed by atoms with Crippen LogP contribution < -0.4 is 5.73 Å². The maximum Gasteiger partial charge on any atom is 0.139 e. The highest BCUT2D eigenvalue weighted by atomic mass is 16.1. The molecule has 2 N–H and O–H groups in total. The molecular formula is C10H17NO. The fourth-order valence-electron chi connectivity index (χ4n) is 2.44. The Morgan fingerprint density at radius 3 is 2.75 bits per heavy atom. The summed E-state index contributed by atoms with van der Waals surface area (Å²) in [4.78, 5) is 11.5. The first-order valence-corrected chi connectivity index (χ1v) is 5.06. The van der Waals surface area contributed by atoms with Crippen molar-refractivity contribution in [3.63, 3.8) is 0 Å². The zero-order chi connectivity index (χ0) is 8.55. The molecule has 0 aliphatic heterocycles. The van der Waals surface area contributed by atoms with E-state index in [0.29, 0.717) is 17.6 Å². The molecule has 2 nitrogen and oxygen atoms in total. The molecule has 0 heterocycles. The van der Waals surface area contributed by atoms with Crippen LogP contribution in [0, 0.1) is 17.8 Å². The summed E-state index contributed by atoms with van der Waals surface area (Å²) in [5.41, 5.74) is 5.40. The van der Waals surface area contributed by atoms with Crippen molar-refractivity contribution in [1.29, 1.82) is 0 Å². The van der Waals surface area contributed by atoms with Crippen molar-refractivity contribution in [1.82, 2.24) is 0 Å². The molecule has 2 rings (SSSR count). The molecule has 0 spiro atoms. The Hall–Kier alpha value is -0.370. The predicted molar refractivity (Wildman–Crippen MR) is 47.6 cm³/mol. The quantitative estimate of drug-likeness (QED) is 0.642. The number of fused-ring (bicyclic) bond motifs is 1. The first-order chi connectivity index (χ1) is 5.83. The van der Waals surface area contributed by atoms with Gasteiger partial charge < -0.3 is 5.73 Å². The lowest BCUT2D eigenvalue weighted by Crippen LogP contribution is -2.11. The van der Waals surface area contributed by atoms with Crippen LogP contribution in [0.2, 0.25) is 0 Å². The number of hydrogen-bond acceptors (Lipinski definition) is 2. The summed E-state index contributed by atoms with van der Waals surface area (Å²) < 4.78 is 0. The Bertz CT molecular complexity index is 190. The van der Waals surface area contributed by atoms with Gasteiger partial charge in [-0.2, -0.15) is 0 Å². The van der Waals surface area contributed by atoms with Gasteiger partial charge in [-0.05, 0) is 38.1 Å². The first-order valence-electron chi connectivity index (χ1n) is 5.06. The lowest BCUT2D eigenvalue weighted by atomic mass is 9.96. The van der Waals surface area contributed by atoms with Crippen LogP contribution in [0.5, 0.6) is 0 Å². The van der Waals surface area contributed by atoms with Gasteiger partial charge in [0.2, 0.25) is 0 Å². The fraction of sp³-hybridized carbons (Fsp3) is 0.900. The van der Waals surface area contributed by atoms with E-state index in [-0.39, 0.29) is 0 Å². The second kappa shape index (κ2) is 3.17. The second-order valence-corrected chi connectivity index (χ2v) is 4.22. The summed E-state index contributed by atoms with van der Waals surface area (Å²) in [5, 5.41) is 0. The largest absolute Gasteiger partial charge is 0.330 e. The number of carbonyl (C=O) groups is 1. The second-order valence-electron chi connectivity index (χ2n) is 4.22. The molecule has 2 aliphatic rings. The van der Waals surface area contributed by atoms with Gasteiger partial charge in [0.15, 0.2) is 0 Å². The van der Waals surface area contributed by atoms with E-state index in [1.807, 2.05) is 0 Å². The van der Waals surface area contributed by atoms with Gasteiger partial charge in [0.1, 0.15) is 5.78 Å². The van der Waals surface area contributed by atoms with Gasteiger partial charge >= 0.3 is 0 Å². The molecule has 0 amide bonds. The van der Waals surface area contributed by atoms with E-state index in [0.717, 1.165) is 31.7 Å². The van der Waals surface area contributed by atoms with E-state index in [9.17, 15) is 4.79 Å². The van der Waals surface area contributed by atoms with Crippen molar-refractivity contribution in [3.05, 3.63) is 0 Å². The standard InChI is InChI=1S/C10H17NO/c11-4-2-1-3-7-5-8-6-9(8)10(7)12/h7-9H,1-6,11H2. The molecule has 2 aliphatic carbocycles. The van der Waals surface area contributed by atoms with E-state index in [1.54, 1.807) is 0 Å². The number of nitrogens with two attached hydrogens (primary N) is 1. The van der Waals surface area contributed by atoms with Gasteiger partial charge in [0, 0.05) is 11.8 Å². The van der Waals surface area contributed by atoms with E-state index in [4.69, 9.17) is 5.73 Å². The molecule has 0 aromatic carbocycles. The van der Waals surface area contributed by atoms with Crippen LogP contribution >= 0.6 is 0 Å². The molecule has 68 valence electrons. The van der Waals surface area contributed by atoms with Crippen LogP contribution in [0.25, 0.3) is 0 Å². The highest BCUT2D eigenvalue weighted by Crippen LogP contribution is 2.52. The Morgan fingerprint density at radius 2 is 2.17 bits per heavy atom. The third kappa shape index (κ3) is 1.40. The van der Waals surface area contributed by atoms with Crippen LogP contribution in [0.1, 0.15) is 32.1 Å². The summed E-state index contributed by atoms with van der Waals surface area (Å²) >= 11 is 0. The van der Waals surface area contributed by atoms with Crippen molar-refractivity contribution in [2.45, 2.75) is 32.1 Å². The Balaban J connectivity index is 1.72. The normalized spacial score (nSPS) is 38.4. The molecule has 3 unspecified atom stereocenters. The van der Waals surface area contributed by atoms with Crippen LogP contribution in [-0.4, -0.2) is 12.3 Å². The van der Waals surface area contributed by atoms with Crippen LogP contribution in [-0.2, 0) is 4.79 Å². The number of unbranched alkanes of at least 4 members (excludes halogenated alkanes) is 1. The van der Waals surface area contributed by atoms with E-state index in [2.05, 4.69) is 0 Å². The molecule has 0 aromatic heterocycles. The number of hydrogen-bond donors (Lipinski definition) is 1. The summed E-state index contributed by atoms with van der Waals surface area (Å²) in [5.74, 6) is 2.27. The number of ketones is 1. The Kier molecular flexibility index (Phi) is 2.18. The van der Waals surface area contributed by atoms with Gasteiger partial charge in [-0.25, -0.2) is 0 Å². The van der Waals surface area contributed by atoms with Crippen molar-refractivity contribution in [3.8, 4) is 0 Å². The van der Waals surface area contributed by atoms with Gasteiger partial charge in [-0.3, -0.25) is 4.79 Å². The average Bonchev–Trinajstić information content (AvgIpc) is 2.76. The zero-order valence-electron chi connectivity index (χ0n) is 7.46. The van der Waals surface area contributed by atoms with E-state index < -0.39 is 0 Å². The summed E-state index contributed by atoms with van der Waals surface area (Å²) in [7, 11) is 0. The molecule has 2 saturated carbocycles. The lowest BCUT2D eigenvalue weighted by molar-refractivity contribution is -0.122. The monoisotopic (exact) mass is 167 g/mol. The first kappa shape index (κ1) is 8.24. The van der Waals surface area contributed by atoms with Crippen LogP contribution in [0.15, 0.2) is 0 Å². The average molecular weight is 167 g/mol. The topological polar surface area (TPSA) is 43.1 Å². The minimum atomic E-state index is 0.417. The van der Waals surface area contributed by atoms with E-state index in [1.165, 1.54) is 12.8 Å². The van der Waals surface area contributed by atoms with Gasteiger partial charge in [-0.15, -0.1) is 0 Å². The van der Waals surface area contributed by atoms with Crippen molar-refractivity contribution >= 4 is 5.78 Å². The van der Waals surface area contributed by atoms with Gasteiger partial charge in [0.05, 0.1) is 0 Å². The maximum absolute atomic E-state index is 11.5. The summed E-state index contributed by atoms with van der Waals surface area (Å²) in [6.07, 6.45) is 5.72. The maximum atomic E-state index is 11.5. The van der Waals surface area contributed by atoms with Crippen LogP contribution in [0.3, 0.4) is 0 Å². The number of rotatable bonds is 4. The Morgan fingerprint density at radius 1 is 1.33 bits per heavy atom. The number of Topliss-reactive ketones (excluding diaryl/α,β-unsaturated/α-hetero) is 1. The molecule has 3 atom stereocenters. The predicted octanol–water partition coefficient (Wildman–Crippen LogP) is 1.34. The molecule has 2 fully saturated rings. The molecular weight excluding hydrogens is 150 g/mol. The van der Waals surface area contributed by atoms with Crippen molar-refractivity contribution in [2.24, 2.45) is 23.5 Å². The third-order valence-corrected chi connectivity index (χ3v) is 3.28. The molecule has 0 saturated heterocycles. The highest BCUT2D eigenvalue weighted by molar-refractivity contribution is 5.88. The Labute approximate surface area is 73.5 Å². The minimum absolute atomic E-state index is 0.417. The van der Waals surface area contributed by atoms with Gasteiger partial charge in [-0.1, -0.05) is 6.42 Å². The summed E-state index contributed by atoms with van der Waals surface area (Å²) in [6, 6.07) is 0. The SMILES string of the molecule is NCCCCC1CC2CC2C1=O. The minimum Gasteiger partial charge on any atom is -0.330 e. The zero-order valence-corrected chi connectivity index (χ0v) is 7.46. The smallest absolute Gasteiger partial charge is 0.139 e. The molecule has 2 heteroatoms. The molecule has 12 heavy (non-hydrogen) atoms. The number of carbonyl (C=O) groups excluding carboxylic acids is 1. The van der Waals surface area contributed by atoms with Crippen molar-refractivity contribution < 1.29 is 4.79 Å². The highest BCUT2D eigenvalue weighted by Gasteiger charge is 2.52. The van der Waals surface area contributed by atoms with E-state index >= 15 is 0 Å². The molecule has 0 bridgehead atoms. The summed E-state index contributed by atoms with van der Waals surface area (Å²) in [6.45, 7) is 0.772. The third-order valence-electron chi connectivity index (χ3n) is 3.28. The molecule has 0 radical (unpaired) electrons. The van der Waals surface area contributed by atoms with Crippen LogP contribution in [0.4, 0.5) is 0 Å². The van der Waals surface area contributed by atoms with Crippen molar-refractivity contribution in [2.75, 3.05) is 6.54 Å². The lowest BCUT2D eigenvalue weighted by Gasteiger charge is -2.08.